The van der Waals surface area contributed by atoms with E-state index in [1.54, 1.807) is 12.1 Å². The molecule has 0 atom stereocenters. The molecule has 3 N–H and O–H groups in total. The van der Waals surface area contributed by atoms with Crippen LogP contribution in [0.3, 0.4) is 0 Å². The van der Waals surface area contributed by atoms with Crippen LogP contribution in [0.1, 0.15) is 66.1 Å². The van der Waals surface area contributed by atoms with Crippen LogP contribution in [0.25, 0.3) is 5.69 Å². The summed E-state index contributed by atoms with van der Waals surface area (Å²) in [4.78, 5) is 35.8. The van der Waals surface area contributed by atoms with Gasteiger partial charge in [0.1, 0.15) is 0 Å². The molecule has 0 bridgehead atoms. The maximum atomic E-state index is 13.5. The van der Waals surface area contributed by atoms with Crippen molar-refractivity contribution >= 4 is 35.1 Å². The van der Waals surface area contributed by atoms with Crippen LogP contribution in [-0.2, 0) is 15.8 Å². The summed E-state index contributed by atoms with van der Waals surface area (Å²) in [5, 5.41) is 18.0. The van der Waals surface area contributed by atoms with E-state index < -0.39 is 35.2 Å². The number of aliphatic carboxylic acids is 1. The number of nitrogens with zero attached hydrogens (tertiary/aromatic N) is 2. The SMILES string of the molecule is O=C(O)CC1CCC(c2ccc(NC(=O)CCNC(=O)c3cn(-c4ccc(Cl)cc4)nc3C(F)(F)F)cc2)CC1. The zero-order valence-electron chi connectivity index (χ0n) is 21.4. The quantitative estimate of drug-likeness (QED) is 0.287. The molecule has 12 heteroatoms. The van der Waals surface area contributed by atoms with Gasteiger partial charge in [0.05, 0.1) is 11.3 Å². The molecule has 0 unspecified atom stereocenters. The Hall–Kier alpha value is -3.86. The summed E-state index contributed by atoms with van der Waals surface area (Å²) in [5.41, 5.74) is -0.0117. The van der Waals surface area contributed by atoms with Crippen LogP contribution in [-0.4, -0.2) is 39.2 Å². The fourth-order valence-corrected chi connectivity index (χ4v) is 5.00. The van der Waals surface area contributed by atoms with Gasteiger partial charge in [0.15, 0.2) is 5.69 Å². The highest BCUT2D eigenvalue weighted by Crippen LogP contribution is 2.37. The predicted molar refractivity (Wildman–Crippen MR) is 143 cm³/mol. The van der Waals surface area contributed by atoms with Crippen LogP contribution in [0.2, 0.25) is 5.02 Å². The Kier molecular flexibility index (Phi) is 9.14. The Bertz CT molecular complexity index is 1350. The number of amides is 2. The van der Waals surface area contributed by atoms with Crippen molar-refractivity contribution in [3.05, 3.63) is 76.6 Å². The van der Waals surface area contributed by atoms with Crippen molar-refractivity contribution in [2.75, 3.05) is 11.9 Å². The molecule has 0 spiro atoms. The zero-order chi connectivity index (χ0) is 28.9. The molecule has 1 aliphatic carbocycles. The lowest BCUT2D eigenvalue weighted by Gasteiger charge is -2.28. The molecule has 1 saturated carbocycles. The normalized spacial score (nSPS) is 17.3. The highest BCUT2D eigenvalue weighted by molar-refractivity contribution is 6.30. The lowest BCUT2D eigenvalue weighted by atomic mass is 9.77. The minimum atomic E-state index is -4.86. The van der Waals surface area contributed by atoms with Crippen LogP contribution in [0.4, 0.5) is 18.9 Å². The summed E-state index contributed by atoms with van der Waals surface area (Å²) < 4.78 is 41.6. The number of carbonyl (C=O) groups is 3. The Balaban J connectivity index is 1.28. The lowest BCUT2D eigenvalue weighted by molar-refractivity contribution is -0.141. The molecule has 2 aromatic carbocycles. The Morgan fingerprint density at radius 3 is 2.25 bits per heavy atom. The molecular formula is C28H28ClF3N4O4. The summed E-state index contributed by atoms with van der Waals surface area (Å²) in [6, 6.07) is 13.3. The molecule has 1 heterocycles. The topological polar surface area (TPSA) is 113 Å². The summed E-state index contributed by atoms with van der Waals surface area (Å²) in [7, 11) is 0. The first-order valence-corrected chi connectivity index (χ1v) is 13.2. The number of rotatable bonds is 9. The number of hydrogen-bond donors (Lipinski definition) is 3. The van der Waals surface area contributed by atoms with Gasteiger partial charge in [-0.1, -0.05) is 23.7 Å². The summed E-state index contributed by atoms with van der Waals surface area (Å²) in [6.07, 6.45) is -0.243. The third-order valence-corrected chi connectivity index (χ3v) is 7.18. The second-order valence-corrected chi connectivity index (χ2v) is 10.2. The van der Waals surface area contributed by atoms with Gasteiger partial charge in [-0.2, -0.15) is 18.3 Å². The molecule has 1 fully saturated rings. The molecule has 1 aliphatic rings. The van der Waals surface area contributed by atoms with E-state index in [0.29, 0.717) is 22.3 Å². The predicted octanol–water partition coefficient (Wildman–Crippen LogP) is 6.05. The van der Waals surface area contributed by atoms with E-state index in [2.05, 4.69) is 15.7 Å². The van der Waals surface area contributed by atoms with Crippen molar-refractivity contribution < 1.29 is 32.7 Å². The van der Waals surface area contributed by atoms with Crippen molar-refractivity contribution in [2.45, 2.75) is 50.6 Å². The third-order valence-electron chi connectivity index (χ3n) is 6.93. The van der Waals surface area contributed by atoms with Crippen molar-refractivity contribution in [3.63, 3.8) is 0 Å². The van der Waals surface area contributed by atoms with Crippen molar-refractivity contribution in [3.8, 4) is 5.69 Å². The van der Waals surface area contributed by atoms with Crippen LogP contribution < -0.4 is 10.6 Å². The molecule has 0 aliphatic heterocycles. The Labute approximate surface area is 233 Å². The number of carboxylic acids is 1. The first-order valence-electron chi connectivity index (χ1n) is 12.8. The summed E-state index contributed by atoms with van der Waals surface area (Å²) in [5.74, 6) is -1.61. The first-order chi connectivity index (χ1) is 19.0. The van der Waals surface area contributed by atoms with E-state index in [-0.39, 0.29) is 25.3 Å². The van der Waals surface area contributed by atoms with Crippen molar-refractivity contribution in [1.29, 1.82) is 0 Å². The number of halogens is 4. The molecule has 0 radical (unpaired) electrons. The molecule has 212 valence electrons. The van der Waals surface area contributed by atoms with Gasteiger partial charge in [0, 0.05) is 36.3 Å². The molecule has 1 aromatic heterocycles. The van der Waals surface area contributed by atoms with Crippen LogP contribution in [0.15, 0.2) is 54.7 Å². The summed E-state index contributed by atoms with van der Waals surface area (Å²) >= 11 is 5.83. The van der Waals surface area contributed by atoms with E-state index in [9.17, 15) is 27.6 Å². The molecule has 3 aromatic rings. The average Bonchev–Trinajstić information content (AvgIpc) is 3.36. The monoisotopic (exact) mass is 576 g/mol. The van der Waals surface area contributed by atoms with Gasteiger partial charge in [0.25, 0.3) is 5.91 Å². The third kappa shape index (κ3) is 7.62. The van der Waals surface area contributed by atoms with Gasteiger partial charge in [0.2, 0.25) is 5.91 Å². The average molecular weight is 577 g/mol. The number of carboxylic acid groups (broad SMARTS) is 1. The van der Waals surface area contributed by atoms with Crippen molar-refractivity contribution in [1.82, 2.24) is 15.1 Å². The highest BCUT2D eigenvalue weighted by Gasteiger charge is 2.39. The second kappa shape index (κ2) is 12.5. The van der Waals surface area contributed by atoms with Gasteiger partial charge in [-0.3, -0.25) is 14.4 Å². The fraction of sp³-hybridized carbons (Fsp3) is 0.357. The van der Waals surface area contributed by atoms with Crippen LogP contribution in [0.5, 0.6) is 0 Å². The molecule has 40 heavy (non-hydrogen) atoms. The van der Waals surface area contributed by atoms with E-state index in [1.165, 1.54) is 24.3 Å². The lowest BCUT2D eigenvalue weighted by Crippen LogP contribution is -2.29. The first kappa shape index (κ1) is 29.1. The number of aromatic nitrogens is 2. The number of carbonyl (C=O) groups excluding carboxylic acids is 2. The number of nitrogens with one attached hydrogen (secondary N) is 2. The number of hydrogen-bond acceptors (Lipinski definition) is 4. The summed E-state index contributed by atoms with van der Waals surface area (Å²) in [6.45, 7) is -0.175. The Morgan fingerprint density at radius 2 is 1.65 bits per heavy atom. The van der Waals surface area contributed by atoms with Crippen molar-refractivity contribution in [2.24, 2.45) is 5.92 Å². The van der Waals surface area contributed by atoms with Gasteiger partial charge in [-0.05, 0) is 79.5 Å². The van der Waals surface area contributed by atoms with Gasteiger partial charge >= 0.3 is 12.1 Å². The molecular weight excluding hydrogens is 549 g/mol. The Morgan fingerprint density at radius 1 is 1.00 bits per heavy atom. The maximum Gasteiger partial charge on any atom is 0.435 e. The van der Waals surface area contributed by atoms with Gasteiger partial charge in [-0.25, -0.2) is 4.68 Å². The van der Waals surface area contributed by atoms with Crippen LogP contribution >= 0.6 is 11.6 Å². The van der Waals surface area contributed by atoms with Gasteiger partial charge < -0.3 is 15.7 Å². The number of benzene rings is 2. The highest BCUT2D eigenvalue weighted by atomic mass is 35.5. The van der Waals surface area contributed by atoms with E-state index in [4.69, 9.17) is 16.7 Å². The number of anilines is 1. The number of alkyl halides is 3. The second-order valence-electron chi connectivity index (χ2n) is 9.80. The molecule has 4 rings (SSSR count). The molecule has 2 amide bonds. The van der Waals surface area contributed by atoms with E-state index in [1.807, 2.05) is 12.1 Å². The zero-order valence-corrected chi connectivity index (χ0v) is 22.1. The molecule has 8 nitrogen and oxygen atoms in total. The minimum absolute atomic E-state index is 0.145. The smallest absolute Gasteiger partial charge is 0.435 e. The standard InChI is InChI=1S/C28H28ClF3N4O4/c29-20-7-11-22(12-8-20)36-16-23(26(35-36)28(30,31)32)27(40)33-14-13-24(37)34-21-9-5-19(6-10-21)18-3-1-17(2-4-18)15-25(38)39/h5-12,16-18H,1-4,13-15H2,(H,33,40)(H,34,37)(H,38,39). The molecule has 0 saturated heterocycles. The largest absolute Gasteiger partial charge is 0.481 e. The van der Waals surface area contributed by atoms with E-state index in [0.717, 1.165) is 42.1 Å². The van der Waals surface area contributed by atoms with E-state index >= 15 is 0 Å². The van der Waals surface area contributed by atoms with Crippen LogP contribution in [0, 0.1) is 5.92 Å². The fourth-order valence-electron chi connectivity index (χ4n) is 4.87. The maximum absolute atomic E-state index is 13.5. The minimum Gasteiger partial charge on any atom is -0.481 e. The van der Waals surface area contributed by atoms with Gasteiger partial charge in [-0.15, -0.1) is 0 Å².